The lowest BCUT2D eigenvalue weighted by Crippen LogP contribution is -2.40. The number of benzene rings is 2. The highest BCUT2D eigenvalue weighted by Gasteiger charge is 2.42. The molecule has 1 saturated carbocycles. The molecule has 0 atom stereocenters. The molecule has 0 bridgehead atoms. The minimum absolute atomic E-state index is 0.124. The molecule has 30 heavy (non-hydrogen) atoms. The normalized spacial score (nSPS) is 16.6. The van der Waals surface area contributed by atoms with Crippen molar-refractivity contribution in [2.24, 2.45) is 0 Å². The van der Waals surface area contributed by atoms with E-state index in [0.29, 0.717) is 22.7 Å². The molecule has 2 aliphatic rings. The van der Waals surface area contributed by atoms with Crippen LogP contribution in [0.3, 0.4) is 0 Å². The number of ether oxygens (including phenoxy) is 2. The number of carbonyl (C=O) groups is 1. The molecule has 1 aliphatic carbocycles. The van der Waals surface area contributed by atoms with E-state index in [-0.39, 0.29) is 24.1 Å². The highest BCUT2D eigenvalue weighted by molar-refractivity contribution is 5.90. The molecule has 3 aromatic rings. The highest BCUT2D eigenvalue weighted by Crippen LogP contribution is 2.46. The van der Waals surface area contributed by atoms with E-state index < -0.39 is 5.79 Å². The summed E-state index contributed by atoms with van der Waals surface area (Å²) in [7, 11) is 0. The van der Waals surface area contributed by atoms with Gasteiger partial charge in [-0.3, -0.25) is 4.79 Å². The summed E-state index contributed by atoms with van der Waals surface area (Å²) in [5.74, 6) is 0.336. The first-order valence-corrected chi connectivity index (χ1v) is 9.94. The number of nitrogens with zero attached hydrogens (tertiary/aromatic N) is 4. The Balaban J connectivity index is 1.23. The number of tetrazole rings is 1. The van der Waals surface area contributed by atoms with Crippen LogP contribution in [0.25, 0.3) is 11.4 Å². The molecule has 2 heterocycles. The van der Waals surface area contributed by atoms with Crippen LogP contribution in [0.1, 0.15) is 32.1 Å². The molecule has 1 amide bonds. The van der Waals surface area contributed by atoms with Gasteiger partial charge in [0.05, 0.1) is 0 Å². The maximum Gasteiger partial charge on any atom is 0.251 e. The number of amides is 1. The summed E-state index contributed by atoms with van der Waals surface area (Å²) < 4.78 is 25.5. The minimum atomic E-state index is -0.554. The number of hydrogen-bond acceptors (Lipinski definition) is 6. The van der Waals surface area contributed by atoms with Crippen molar-refractivity contribution < 1.29 is 18.7 Å². The van der Waals surface area contributed by atoms with Crippen molar-refractivity contribution in [3.8, 4) is 22.9 Å². The molecular weight excluding hydrogens is 389 g/mol. The van der Waals surface area contributed by atoms with Crippen LogP contribution in [0.2, 0.25) is 0 Å². The van der Waals surface area contributed by atoms with Crippen LogP contribution in [0, 0.1) is 5.82 Å². The molecule has 5 rings (SSSR count). The van der Waals surface area contributed by atoms with Gasteiger partial charge in [0.15, 0.2) is 11.5 Å². The maximum atomic E-state index is 13.4. The molecule has 2 aromatic carbocycles. The van der Waals surface area contributed by atoms with Gasteiger partial charge in [0.1, 0.15) is 12.4 Å². The maximum absolute atomic E-state index is 13.4. The second kappa shape index (κ2) is 7.40. The van der Waals surface area contributed by atoms with Gasteiger partial charge in [0, 0.05) is 30.2 Å². The van der Waals surface area contributed by atoms with Crippen molar-refractivity contribution in [1.82, 2.24) is 20.2 Å². The van der Waals surface area contributed by atoms with Crippen LogP contribution in [-0.2, 0) is 11.3 Å². The standard InChI is InChI=1S/C21H20FN5O3/c22-15-6-4-5-14(11-15)20-24-26-27(25-20)13-19(28)23-16-7-8-17-18(12-16)30-21(29-17)9-2-1-3-10-21/h4-8,11-12H,1-3,9-10,13H2,(H,23,28). The van der Waals surface area contributed by atoms with E-state index in [1.54, 1.807) is 24.3 Å². The number of rotatable bonds is 4. The van der Waals surface area contributed by atoms with Gasteiger partial charge in [-0.25, -0.2) is 4.39 Å². The van der Waals surface area contributed by atoms with Gasteiger partial charge in [-0.2, -0.15) is 4.80 Å². The van der Waals surface area contributed by atoms with Crippen LogP contribution < -0.4 is 14.8 Å². The molecule has 154 valence electrons. The fourth-order valence-electron chi connectivity index (χ4n) is 3.85. The summed E-state index contributed by atoms with van der Waals surface area (Å²) in [6, 6.07) is 11.2. The highest BCUT2D eigenvalue weighted by atomic mass is 19.1. The largest absolute Gasteiger partial charge is 0.448 e. The number of halogens is 1. The topological polar surface area (TPSA) is 91.2 Å². The zero-order valence-electron chi connectivity index (χ0n) is 16.2. The van der Waals surface area contributed by atoms with E-state index in [1.807, 2.05) is 6.07 Å². The van der Waals surface area contributed by atoms with Crippen molar-refractivity contribution >= 4 is 11.6 Å². The van der Waals surface area contributed by atoms with Crippen LogP contribution in [0.4, 0.5) is 10.1 Å². The molecular formula is C21H20FN5O3. The smallest absolute Gasteiger partial charge is 0.251 e. The van der Waals surface area contributed by atoms with Crippen molar-refractivity contribution in [3.63, 3.8) is 0 Å². The Morgan fingerprint density at radius 2 is 1.93 bits per heavy atom. The fourth-order valence-corrected chi connectivity index (χ4v) is 3.85. The Bertz CT molecular complexity index is 1090. The molecule has 0 unspecified atom stereocenters. The Morgan fingerprint density at radius 1 is 1.10 bits per heavy atom. The van der Waals surface area contributed by atoms with Crippen molar-refractivity contribution in [2.45, 2.75) is 44.4 Å². The van der Waals surface area contributed by atoms with E-state index in [4.69, 9.17) is 9.47 Å². The van der Waals surface area contributed by atoms with Gasteiger partial charge < -0.3 is 14.8 Å². The lowest BCUT2D eigenvalue weighted by atomic mass is 9.94. The number of fused-ring (bicyclic) bond motifs is 1. The van der Waals surface area contributed by atoms with Gasteiger partial charge in [0.2, 0.25) is 11.7 Å². The Hall–Kier alpha value is -3.49. The van der Waals surface area contributed by atoms with Gasteiger partial charge in [-0.15, -0.1) is 10.2 Å². The first-order valence-electron chi connectivity index (χ1n) is 9.94. The van der Waals surface area contributed by atoms with Gasteiger partial charge in [0.25, 0.3) is 5.79 Å². The molecule has 1 spiro atoms. The van der Waals surface area contributed by atoms with Crippen LogP contribution >= 0.6 is 0 Å². The lowest BCUT2D eigenvalue weighted by Gasteiger charge is -2.31. The third-order valence-electron chi connectivity index (χ3n) is 5.26. The Morgan fingerprint density at radius 3 is 2.77 bits per heavy atom. The average Bonchev–Trinajstić information content (AvgIpc) is 3.32. The molecule has 0 radical (unpaired) electrons. The molecule has 1 aliphatic heterocycles. The predicted octanol–water partition coefficient (Wildman–Crippen LogP) is 3.55. The SMILES string of the molecule is O=C(Cn1nnc(-c2cccc(F)c2)n1)Nc1ccc2c(c1)OC1(CCCCC1)O2. The second-order valence-electron chi connectivity index (χ2n) is 7.54. The van der Waals surface area contributed by atoms with Crippen LogP contribution in [-0.4, -0.2) is 31.9 Å². The summed E-state index contributed by atoms with van der Waals surface area (Å²) in [6.07, 6.45) is 5.10. The summed E-state index contributed by atoms with van der Waals surface area (Å²) in [5.41, 5.74) is 1.09. The quantitative estimate of drug-likeness (QED) is 0.709. The fraction of sp³-hybridized carbons (Fsp3) is 0.333. The summed E-state index contributed by atoms with van der Waals surface area (Å²) in [6.45, 7) is -0.124. The van der Waals surface area contributed by atoms with Crippen LogP contribution in [0.5, 0.6) is 11.5 Å². The van der Waals surface area contributed by atoms with E-state index in [9.17, 15) is 9.18 Å². The van der Waals surface area contributed by atoms with Gasteiger partial charge in [-0.1, -0.05) is 18.6 Å². The number of aromatic nitrogens is 4. The summed E-state index contributed by atoms with van der Waals surface area (Å²) >= 11 is 0. The number of anilines is 1. The molecule has 1 fully saturated rings. The molecule has 8 nitrogen and oxygen atoms in total. The van der Waals surface area contributed by atoms with Gasteiger partial charge in [-0.05, 0) is 42.3 Å². The third kappa shape index (κ3) is 3.70. The van der Waals surface area contributed by atoms with E-state index in [2.05, 4.69) is 20.7 Å². The monoisotopic (exact) mass is 409 g/mol. The summed E-state index contributed by atoms with van der Waals surface area (Å²) in [4.78, 5) is 13.6. The second-order valence-corrected chi connectivity index (χ2v) is 7.54. The van der Waals surface area contributed by atoms with Crippen molar-refractivity contribution in [3.05, 3.63) is 48.3 Å². The number of carbonyl (C=O) groups excluding carboxylic acids is 1. The number of hydrogen-bond donors (Lipinski definition) is 1. The third-order valence-corrected chi connectivity index (χ3v) is 5.26. The van der Waals surface area contributed by atoms with Gasteiger partial charge >= 0.3 is 0 Å². The zero-order chi connectivity index (χ0) is 20.6. The van der Waals surface area contributed by atoms with E-state index >= 15 is 0 Å². The van der Waals surface area contributed by atoms with E-state index in [1.165, 1.54) is 23.4 Å². The molecule has 1 N–H and O–H groups in total. The summed E-state index contributed by atoms with van der Waals surface area (Å²) in [5, 5.41) is 14.7. The minimum Gasteiger partial charge on any atom is -0.448 e. The molecule has 9 heteroatoms. The first kappa shape index (κ1) is 18.5. The molecule has 1 aromatic heterocycles. The van der Waals surface area contributed by atoms with E-state index in [0.717, 1.165) is 25.7 Å². The average molecular weight is 409 g/mol. The van der Waals surface area contributed by atoms with Crippen LogP contribution in [0.15, 0.2) is 42.5 Å². The predicted molar refractivity (Wildman–Crippen MR) is 105 cm³/mol. The number of nitrogens with one attached hydrogen (secondary N) is 1. The van der Waals surface area contributed by atoms with Crippen molar-refractivity contribution in [1.29, 1.82) is 0 Å². The Labute approximate surface area is 172 Å². The zero-order valence-corrected chi connectivity index (χ0v) is 16.2. The Kier molecular flexibility index (Phi) is 4.57. The van der Waals surface area contributed by atoms with Crippen molar-refractivity contribution in [2.75, 3.05) is 5.32 Å². The lowest BCUT2D eigenvalue weighted by molar-refractivity contribution is -0.117. The molecule has 0 saturated heterocycles. The first-order chi connectivity index (χ1) is 14.6.